The number of benzene rings is 2. The average Bonchev–Trinajstić information content (AvgIpc) is 2.46. The van der Waals surface area contributed by atoms with Crippen molar-refractivity contribution in [1.29, 1.82) is 0 Å². The largest absolute Gasteiger partial charge is 0.484 e. The monoisotopic (exact) mass is 301 g/mol. The molecule has 0 fully saturated rings. The highest BCUT2D eigenvalue weighted by Crippen LogP contribution is 2.22. The maximum Gasteiger partial charge on any atom is 0.262 e. The minimum absolute atomic E-state index is 0.114. The maximum absolute atomic E-state index is 12.8. The molecule has 22 heavy (non-hydrogen) atoms. The van der Waals surface area contributed by atoms with Gasteiger partial charge in [-0.05, 0) is 60.4 Å². The molecule has 0 aliphatic heterocycles. The molecule has 1 amide bonds. The predicted octanol–water partition coefficient (Wildman–Crippen LogP) is 4.28. The Hall–Kier alpha value is -2.36. The molecule has 3 nitrogen and oxygen atoms in total. The maximum atomic E-state index is 12.8. The number of ether oxygens (including phenoxy) is 1. The van der Waals surface area contributed by atoms with E-state index in [1.54, 1.807) is 0 Å². The number of amides is 1. The van der Waals surface area contributed by atoms with Crippen LogP contribution in [0.25, 0.3) is 0 Å². The summed E-state index contributed by atoms with van der Waals surface area (Å²) in [5, 5.41) is 2.79. The molecule has 0 unspecified atom stereocenters. The Balaban J connectivity index is 1.92. The molecule has 1 N–H and O–H groups in total. The molecule has 0 aliphatic carbocycles. The summed E-state index contributed by atoms with van der Waals surface area (Å²) in [6, 6.07) is 11.4. The van der Waals surface area contributed by atoms with Crippen LogP contribution in [0, 0.1) is 12.7 Å². The van der Waals surface area contributed by atoms with E-state index in [-0.39, 0.29) is 18.3 Å². The SMILES string of the molecule is Cc1cc(NC(=O)COc2ccc(F)cc2)ccc1C(C)C. The van der Waals surface area contributed by atoms with Crippen LogP contribution in [0.3, 0.4) is 0 Å². The molecule has 0 aliphatic rings. The molecule has 4 heteroatoms. The standard InChI is InChI=1S/C18H20FNO2/c1-12(2)17-9-6-15(10-13(17)3)20-18(21)11-22-16-7-4-14(19)5-8-16/h4-10,12H,11H2,1-3H3,(H,20,21). The fraction of sp³-hybridized carbons (Fsp3) is 0.278. The highest BCUT2D eigenvalue weighted by atomic mass is 19.1. The fourth-order valence-corrected chi connectivity index (χ4v) is 2.28. The van der Waals surface area contributed by atoms with Crippen molar-refractivity contribution in [3.05, 3.63) is 59.4 Å². The summed E-state index contributed by atoms with van der Waals surface area (Å²) in [6.07, 6.45) is 0. The van der Waals surface area contributed by atoms with Gasteiger partial charge in [-0.2, -0.15) is 0 Å². The van der Waals surface area contributed by atoms with E-state index in [9.17, 15) is 9.18 Å². The highest BCUT2D eigenvalue weighted by Gasteiger charge is 2.07. The van der Waals surface area contributed by atoms with Gasteiger partial charge in [-0.15, -0.1) is 0 Å². The lowest BCUT2D eigenvalue weighted by molar-refractivity contribution is -0.118. The summed E-state index contributed by atoms with van der Waals surface area (Å²) in [5.41, 5.74) is 3.16. The lowest BCUT2D eigenvalue weighted by Crippen LogP contribution is -2.20. The van der Waals surface area contributed by atoms with Gasteiger partial charge in [-0.3, -0.25) is 4.79 Å². The molecule has 116 valence electrons. The molecule has 0 aromatic heterocycles. The predicted molar refractivity (Wildman–Crippen MR) is 85.8 cm³/mol. The summed E-state index contributed by atoms with van der Waals surface area (Å²) < 4.78 is 18.1. The van der Waals surface area contributed by atoms with Crippen molar-refractivity contribution < 1.29 is 13.9 Å². The molecular weight excluding hydrogens is 281 g/mol. The van der Waals surface area contributed by atoms with Crippen LogP contribution in [0.5, 0.6) is 5.75 Å². The topological polar surface area (TPSA) is 38.3 Å². The smallest absolute Gasteiger partial charge is 0.262 e. The molecule has 2 aromatic carbocycles. The molecular formula is C18H20FNO2. The highest BCUT2D eigenvalue weighted by molar-refractivity contribution is 5.92. The second kappa shape index (κ2) is 7.07. The van der Waals surface area contributed by atoms with E-state index in [2.05, 4.69) is 19.2 Å². The van der Waals surface area contributed by atoms with Crippen molar-refractivity contribution in [3.8, 4) is 5.75 Å². The first-order valence-corrected chi connectivity index (χ1v) is 7.24. The van der Waals surface area contributed by atoms with Crippen LogP contribution in [0.4, 0.5) is 10.1 Å². The molecule has 0 heterocycles. The normalized spacial score (nSPS) is 10.6. The minimum Gasteiger partial charge on any atom is -0.484 e. The Bertz CT molecular complexity index is 651. The van der Waals surface area contributed by atoms with Gasteiger partial charge < -0.3 is 10.1 Å². The van der Waals surface area contributed by atoms with Crippen LogP contribution in [0.2, 0.25) is 0 Å². The number of aryl methyl sites for hydroxylation is 1. The number of nitrogens with one attached hydrogen (secondary N) is 1. The fourth-order valence-electron chi connectivity index (χ4n) is 2.28. The van der Waals surface area contributed by atoms with Crippen LogP contribution in [0.15, 0.2) is 42.5 Å². The van der Waals surface area contributed by atoms with Gasteiger partial charge in [0.15, 0.2) is 6.61 Å². The summed E-state index contributed by atoms with van der Waals surface area (Å²) in [4.78, 5) is 11.9. The van der Waals surface area contributed by atoms with Crippen molar-refractivity contribution in [2.75, 3.05) is 11.9 Å². The van der Waals surface area contributed by atoms with E-state index in [0.29, 0.717) is 11.7 Å². The number of anilines is 1. The first-order valence-electron chi connectivity index (χ1n) is 7.24. The second-order valence-corrected chi connectivity index (χ2v) is 5.52. The van der Waals surface area contributed by atoms with E-state index in [0.717, 1.165) is 11.3 Å². The second-order valence-electron chi connectivity index (χ2n) is 5.52. The van der Waals surface area contributed by atoms with E-state index < -0.39 is 0 Å². The molecule has 0 saturated heterocycles. The third-order valence-electron chi connectivity index (χ3n) is 3.36. The van der Waals surface area contributed by atoms with Gasteiger partial charge in [0.1, 0.15) is 11.6 Å². The third kappa shape index (κ3) is 4.32. The average molecular weight is 301 g/mol. The van der Waals surface area contributed by atoms with E-state index in [1.807, 2.05) is 25.1 Å². The number of carbonyl (C=O) groups excluding carboxylic acids is 1. The molecule has 0 radical (unpaired) electrons. The van der Waals surface area contributed by atoms with Crippen molar-refractivity contribution in [1.82, 2.24) is 0 Å². The molecule has 0 saturated carbocycles. The summed E-state index contributed by atoms with van der Waals surface area (Å²) in [5.74, 6) is 0.327. The van der Waals surface area contributed by atoms with Gasteiger partial charge in [0.2, 0.25) is 0 Å². The molecule has 0 spiro atoms. The molecule has 0 bridgehead atoms. The first-order chi connectivity index (χ1) is 10.5. The number of carbonyl (C=O) groups is 1. The minimum atomic E-state index is -0.336. The lowest BCUT2D eigenvalue weighted by Gasteiger charge is -2.12. The van der Waals surface area contributed by atoms with Gasteiger partial charge in [-0.1, -0.05) is 19.9 Å². The van der Waals surface area contributed by atoms with Crippen LogP contribution < -0.4 is 10.1 Å². The summed E-state index contributed by atoms with van der Waals surface area (Å²) in [7, 11) is 0. The van der Waals surface area contributed by atoms with Crippen LogP contribution in [0.1, 0.15) is 30.9 Å². The summed E-state index contributed by atoms with van der Waals surface area (Å²) in [6.45, 7) is 6.19. The molecule has 0 atom stereocenters. The Labute approximate surface area is 130 Å². The zero-order valence-electron chi connectivity index (χ0n) is 13.0. The zero-order chi connectivity index (χ0) is 16.1. The van der Waals surface area contributed by atoms with Crippen LogP contribution >= 0.6 is 0 Å². The number of rotatable bonds is 5. The van der Waals surface area contributed by atoms with Crippen LogP contribution in [-0.4, -0.2) is 12.5 Å². The van der Waals surface area contributed by atoms with E-state index in [1.165, 1.54) is 29.8 Å². The first kappa shape index (κ1) is 16.0. The quantitative estimate of drug-likeness (QED) is 0.895. The number of halogens is 1. The third-order valence-corrected chi connectivity index (χ3v) is 3.36. The van der Waals surface area contributed by atoms with E-state index >= 15 is 0 Å². The Morgan fingerprint density at radius 1 is 1.18 bits per heavy atom. The Morgan fingerprint density at radius 2 is 1.86 bits per heavy atom. The number of hydrogen-bond donors (Lipinski definition) is 1. The zero-order valence-corrected chi connectivity index (χ0v) is 13.0. The molecule has 2 aromatic rings. The summed E-state index contributed by atoms with van der Waals surface area (Å²) >= 11 is 0. The van der Waals surface area contributed by atoms with Crippen molar-refractivity contribution in [3.63, 3.8) is 0 Å². The van der Waals surface area contributed by atoms with Crippen molar-refractivity contribution >= 4 is 11.6 Å². The van der Waals surface area contributed by atoms with Gasteiger partial charge in [0, 0.05) is 5.69 Å². The van der Waals surface area contributed by atoms with Gasteiger partial charge in [0.05, 0.1) is 0 Å². The number of hydrogen-bond acceptors (Lipinski definition) is 2. The van der Waals surface area contributed by atoms with Crippen molar-refractivity contribution in [2.24, 2.45) is 0 Å². The lowest BCUT2D eigenvalue weighted by atomic mass is 9.98. The van der Waals surface area contributed by atoms with E-state index in [4.69, 9.17) is 4.74 Å². The van der Waals surface area contributed by atoms with Crippen LogP contribution in [-0.2, 0) is 4.79 Å². The van der Waals surface area contributed by atoms with Crippen molar-refractivity contribution in [2.45, 2.75) is 26.7 Å². The molecule has 2 rings (SSSR count). The van der Waals surface area contributed by atoms with Gasteiger partial charge in [-0.25, -0.2) is 4.39 Å². The Morgan fingerprint density at radius 3 is 2.45 bits per heavy atom. The van der Waals surface area contributed by atoms with Gasteiger partial charge >= 0.3 is 0 Å². The van der Waals surface area contributed by atoms with Gasteiger partial charge in [0.25, 0.3) is 5.91 Å². The Kier molecular flexibility index (Phi) is 5.15.